The van der Waals surface area contributed by atoms with Crippen LogP contribution in [0.5, 0.6) is 0 Å². The molecule has 0 bridgehead atoms. The first-order valence-electron chi connectivity index (χ1n) is 4.41. The number of nitrogens with one attached hydrogen (secondary N) is 2. The number of imidazole rings is 1. The van der Waals surface area contributed by atoms with Gasteiger partial charge in [-0.25, -0.2) is 9.97 Å². The van der Waals surface area contributed by atoms with E-state index in [1.807, 2.05) is 0 Å². The molecule has 0 fully saturated rings. The number of H-pyrrole nitrogens is 2. The highest BCUT2D eigenvalue weighted by Crippen LogP contribution is 2.16. The van der Waals surface area contributed by atoms with Gasteiger partial charge < -0.3 is 15.1 Å². The minimum atomic E-state index is -0.408. The van der Waals surface area contributed by atoms with E-state index in [0.717, 1.165) is 0 Å². The Bertz CT molecular complexity index is 519. The first-order valence-corrected chi connectivity index (χ1v) is 5.39. The number of thioether (sulfide) groups is 1. The fourth-order valence-corrected chi connectivity index (χ4v) is 1.81. The van der Waals surface area contributed by atoms with Crippen molar-refractivity contribution in [2.75, 3.05) is 5.75 Å². The zero-order valence-corrected chi connectivity index (χ0v) is 8.84. The van der Waals surface area contributed by atoms with Crippen molar-refractivity contribution in [1.82, 2.24) is 19.9 Å². The maximum Gasteiger partial charge on any atom is 0.276 e. The molecule has 3 N–H and O–H groups in total. The second-order valence-corrected chi connectivity index (χ2v) is 4.14. The van der Waals surface area contributed by atoms with Crippen molar-refractivity contribution in [3.63, 3.8) is 0 Å². The summed E-state index contributed by atoms with van der Waals surface area (Å²) in [6.45, 7) is 1.70. The van der Waals surface area contributed by atoms with Gasteiger partial charge in [-0.15, -0.1) is 0 Å². The Balaban J connectivity index is 2.31. The summed E-state index contributed by atoms with van der Waals surface area (Å²) < 4.78 is 0. The van der Waals surface area contributed by atoms with E-state index in [1.165, 1.54) is 18.1 Å². The second-order valence-electron chi connectivity index (χ2n) is 3.13. The Labute approximate surface area is 89.2 Å². The number of fused-ring (bicyclic) bond motifs is 1. The molecule has 0 amide bonds. The predicted molar refractivity (Wildman–Crippen MR) is 56.9 cm³/mol. The molecule has 0 aromatic carbocycles. The van der Waals surface area contributed by atoms with Crippen LogP contribution in [0.15, 0.2) is 16.3 Å². The lowest BCUT2D eigenvalue weighted by Gasteiger charge is -1.99. The molecule has 6 nitrogen and oxygen atoms in total. The smallest absolute Gasteiger partial charge is 0.276 e. The molecule has 15 heavy (non-hydrogen) atoms. The van der Waals surface area contributed by atoms with Gasteiger partial charge in [-0.2, -0.15) is 0 Å². The van der Waals surface area contributed by atoms with Crippen molar-refractivity contribution < 1.29 is 5.11 Å². The summed E-state index contributed by atoms with van der Waals surface area (Å²) >= 11 is 1.35. The SMILES string of the molecule is CC(O)CSc1nc2nc[nH]c(=O)c2[nH]1. The highest BCUT2D eigenvalue weighted by molar-refractivity contribution is 7.99. The number of hydrogen-bond acceptors (Lipinski definition) is 5. The van der Waals surface area contributed by atoms with E-state index in [-0.39, 0.29) is 5.56 Å². The second kappa shape index (κ2) is 4.03. The molecule has 0 aliphatic heterocycles. The molecule has 2 heterocycles. The number of hydrogen-bond donors (Lipinski definition) is 3. The van der Waals surface area contributed by atoms with Crippen LogP contribution in [0.2, 0.25) is 0 Å². The largest absolute Gasteiger partial charge is 0.393 e. The van der Waals surface area contributed by atoms with Gasteiger partial charge in [0.05, 0.1) is 12.4 Å². The first kappa shape index (κ1) is 10.2. The molecule has 1 atom stereocenters. The fourth-order valence-electron chi connectivity index (χ4n) is 1.09. The lowest BCUT2D eigenvalue weighted by atomic mass is 10.5. The van der Waals surface area contributed by atoms with Gasteiger partial charge in [-0.1, -0.05) is 11.8 Å². The third-order valence-electron chi connectivity index (χ3n) is 1.73. The summed E-state index contributed by atoms with van der Waals surface area (Å²) in [6, 6.07) is 0. The Kier molecular flexibility index (Phi) is 2.74. The average molecular weight is 226 g/mol. The van der Waals surface area contributed by atoms with E-state index in [1.54, 1.807) is 6.92 Å². The summed E-state index contributed by atoms with van der Waals surface area (Å²) in [5, 5.41) is 9.69. The number of aliphatic hydroxyl groups is 1. The maximum atomic E-state index is 11.3. The average Bonchev–Trinajstić information content (AvgIpc) is 2.59. The van der Waals surface area contributed by atoms with Crippen LogP contribution in [0.25, 0.3) is 11.2 Å². The van der Waals surface area contributed by atoms with Crippen molar-refractivity contribution in [3.05, 3.63) is 16.7 Å². The van der Waals surface area contributed by atoms with Crippen LogP contribution in [-0.2, 0) is 0 Å². The van der Waals surface area contributed by atoms with Crippen molar-refractivity contribution in [3.8, 4) is 0 Å². The van der Waals surface area contributed by atoms with Crippen molar-refractivity contribution >= 4 is 22.9 Å². The number of nitrogens with zero attached hydrogens (tertiary/aromatic N) is 2. The van der Waals surface area contributed by atoms with Gasteiger partial charge in [-0.3, -0.25) is 4.79 Å². The van der Waals surface area contributed by atoms with Gasteiger partial charge in [0.1, 0.15) is 0 Å². The molecule has 1 unspecified atom stereocenters. The normalized spacial score (nSPS) is 13.2. The summed E-state index contributed by atoms with van der Waals surface area (Å²) in [4.78, 5) is 24.6. The number of aromatic nitrogens is 4. The third-order valence-corrected chi connectivity index (χ3v) is 2.85. The molecular formula is C8H10N4O2S. The van der Waals surface area contributed by atoms with E-state index in [0.29, 0.717) is 22.1 Å². The summed E-state index contributed by atoms with van der Waals surface area (Å²) in [5.74, 6) is 0.526. The Morgan fingerprint density at radius 3 is 3.13 bits per heavy atom. The van der Waals surface area contributed by atoms with E-state index >= 15 is 0 Å². The van der Waals surface area contributed by atoms with E-state index in [9.17, 15) is 4.79 Å². The van der Waals surface area contributed by atoms with E-state index < -0.39 is 6.10 Å². The lowest BCUT2D eigenvalue weighted by molar-refractivity contribution is 0.220. The van der Waals surface area contributed by atoms with Crippen molar-refractivity contribution in [1.29, 1.82) is 0 Å². The molecule has 0 aliphatic rings. The molecule has 7 heteroatoms. The number of rotatable bonds is 3. The minimum absolute atomic E-state index is 0.239. The van der Waals surface area contributed by atoms with Crippen molar-refractivity contribution in [2.45, 2.75) is 18.2 Å². The predicted octanol–water partition coefficient (Wildman–Crippen LogP) is 0.119. The number of aromatic amines is 2. The topological polar surface area (TPSA) is 94.7 Å². The lowest BCUT2D eigenvalue weighted by Crippen LogP contribution is -2.05. The third kappa shape index (κ3) is 2.18. The molecule has 2 rings (SSSR count). The Morgan fingerprint density at radius 1 is 1.67 bits per heavy atom. The van der Waals surface area contributed by atoms with Gasteiger partial charge in [0.2, 0.25) is 0 Å². The van der Waals surface area contributed by atoms with Crippen LogP contribution in [0.4, 0.5) is 0 Å². The molecule has 2 aromatic rings. The van der Waals surface area contributed by atoms with Crippen LogP contribution in [0.1, 0.15) is 6.92 Å². The quantitative estimate of drug-likeness (QED) is 0.646. The van der Waals surface area contributed by atoms with Gasteiger partial charge >= 0.3 is 0 Å². The zero-order valence-electron chi connectivity index (χ0n) is 8.02. The maximum absolute atomic E-state index is 11.3. The fraction of sp³-hybridized carbons (Fsp3) is 0.375. The van der Waals surface area contributed by atoms with Gasteiger partial charge in [-0.05, 0) is 6.92 Å². The van der Waals surface area contributed by atoms with Crippen LogP contribution < -0.4 is 5.56 Å². The van der Waals surface area contributed by atoms with E-state index in [4.69, 9.17) is 5.11 Å². The molecule has 0 aliphatic carbocycles. The standard InChI is InChI=1S/C8H10N4O2S/c1-4(13)2-15-8-11-5-6(12-8)9-3-10-7(5)14/h3-4,13H,2H2,1H3,(H2,9,10,11,12,14). The van der Waals surface area contributed by atoms with Crippen LogP contribution in [0.3, 0.4) is 0 Å². The molecule has 0 saturated carbocycles. The highest BCUT2D eigenvalue weighted by Gasteiger charge is 2.07. The highest BCUT2D eigenvalue weighted by atomic mass is 32.2. The molecule has 2 aromatic heterocycles. The number of aliphatic hydroxyl groups excluding tert-OH is 1. The van der Waals surface area contributed by atoms with Gasteiger partial charge in [0.25, 0.3) is 5.56 Å². The summed E-state index contributed by atoms with van der Waals surface area (Å²) in [7, 11) is 0. The molecule has 0 saturated heterocycles. The Morgan fingerprint density at radius 2 is 2.47 bits per heavy atom. The molecule has 0 radical (unpaired) electrons. The first-order chi connectivity index (χ1) is 7.16. The van der Waals surface area contributed by atoms with Crippen LogP contribution >= 0.6 is 11.8 Å². The monoisotopic (exact) mass is 226 g/mol. The van der Waals surface area contributed by atoms with E-state index in [2.05, 4.69) is 19.9 Å². The van der Waals surface area contributed by atoms with Crippen LogP contribution in [-0.4, -0.2) is 36.9 Å². The Hall–Kier alpha value is -1.34. The molecule has 0 spiro atoms. The summed E-state index contributed by atoms with van der Waals surface area (Å²) in [5.41, 5.74) is 0.522. The molecule has 80 valence electrons. The zero-order chi connectivity index (χ0) is 10.8. The van der Waals surface area contributed by atoms with Crippen molar-refractivity contribution in [2.24, 2.45) is 0 Å². The summed E-state index contributed by atoms with van der Waals surface area (Å²) in [6.07, 6.45) is 0.906. The molecular weight excluding hydrogens is 216 g/mol. The van der Waals surface area contributed by atoms with Gasteiger partial charge in [0.15, 0.2) is 16.3 Å². The minimum Gasteiger partial charge on any atom is -0.393 e. The van der Waals surface area contributed by atoms with Gasteiger partial charge in [0, 0.05) is 5.75 Å². The van der Waals surface area contributed by atoms with Crippen LogP contribution in [0, 0.1) is 0 Å².